The first-order valence-corrected chi connectivity index (χ1v) is 12.6. The highest BCUT2D eigenvalue weighted by molar-refractivity contribution is 4.81. The lowest BCUT2D eigenvalue weighted by molar-refractivity contribution is -0.929. The third-order valence-electron chi connectivity index (χ3n) is 6.08. The number of unbranched alkanes of at least 4 members (excludes halogenated alkanes) is 12. The Morgan fingerprint density at radius 1 is 0.500 bits per heavy atom. The fraction of sp³-hybridized carbons (Fsp3) is 0.920. The molecular weight excluding hydrogens is 442 g/mol. The number of nitrogens with zero attached hydrogens (tertiary/aromatic N) is 1. The third-order valence-corrected chi connectivity index (χ3v) is 6.08. The van der Waals surface area contributed by atoms with Gasteiger partial charge in [-0.3, -0.25) is 0 Å². The Balaban J connectivity index is 0. The molecule has 0 saturated heterocycles. The van der Waals surface area contributed by atoms with Gasteiger partial charge in [0.25, 0.3) is 0 Å². The number of aliphatic hydroxyl groups excluding tert-OH is 3. The summed E-state index contributed by atoms with van der Waals surface area (Å²) in [4.78, 5) is 0. The minimum absolute atomic E-state index is 0. The predicted octanol–water partition coefficient (Wildman–Crippen LogP) is 2.21. The Morgan fingerprint density at radius 2 is 0.933 bits per heavy atom. The first-order chi connectivity index (χ1) is 14.2. The van der Waals surface area contributed by atoms with Crippen molar-refractivity contribution in [2.45, 2.75) is 103 Å². The highest BCUT2D eigenvalue weighted by Gasteiger charge is 2.25. The lowest BCUT2D eigenvalue weighted by Crippen LogP contribution is -3.00. The molecule has 0 amide bonds. The second-order valence-corrected chi connectivity index (χ2v) is 8.70. The van der Waals surface area contributed by atoms with Crippen molar-refractivity contribution in [2.24, 2.45) is 0 Å². The van der Waals surface area contributed by atoms with Gasteiger partial charge in [0.1, 0.15) is 13.1 Å². The van der Waals surface area contributed by atoms with Crippen LogP contribution in [0.25, 0.3) is 0 Å². The second kappa shape index (κ2) is 25.3. The molecule has 0 bridgehead atoms. The van der Waals surface area contributed by atoms with Crippen LogP contribution in [0.2, 0.25) is 0 Å². The normalized spacial score (nSPS) is 11.9. The van der Waals surface area contributed by atoms with E-state index in [9.17, 15) is 10.2 Å². The Bertz CT molecular complexity index is 347. The average molecular weight is 495 g/mol. The SMILES string of the molecule is CCCCCCCC/C=C\CCCCCCCC[N+](CCO)(CCO)CCCO.[Br-]. The molecule has 0 heterocycles. The van der Waals surface area contributed by atoms with Gasteiger partial charge in [0.15, 0.2) is 0 Å². The summed E-state index contributed by atoms with van der Waals surface area (Å²) in [7, 11) is 0. The molecule has 0 fully saturated rings. The van der Waals surface area contributed by atoms with Crippen molar-refractivity contribution in [3.8, 4) is 0 Å². The van der Waals surface area contributed by atoms with Gasteiger partial charge in [-0.25, -0.2) is 0 Å². The van der Waals surface area contributed by atoms with E-state index < -0.39 is 0 Å². The minimum Gasteiger partial charge on any atom is -1.00 e. The molecule has 0 unspecified atom stereocenters. The zero-order valence-corrected chi connectivity index (χ0v) is 21.5. The molecule has 0 aliphatic heterocycles. The summed E-state index contributed by atoms with van der Waals surface area (Å²) in [6.07, 6.45) is 23.8. The van der Waals surface area contributed by atoms with Crippen LogP contribution in [0.4, 0.5) is 0 Å². The summed E-state index contributed by atoms with van der Waals surface area (Å²) in [5.74, 6) is 0. The zero-order valence-electron chi connectivity index (χ0n) is 19.9. The van der Waals surface area contributed by atoms with E-state index in [4.69, 9.17) is 5.11 Å². The van der Waals surface area contributed by atoms with Crippen LogP contribution in [0.1, 0.15) is 103 Å². The Labute approximate surface area is 198 Å². The van der Waals surface area contributed by atoms with E-state index in [0.717, 1.165) is 30.4 Å². The van der Waals surface area contributed by atoms with Gasteiger partial charge >= 0.3 is 0 Å². The summed E-state index contributed by atoms with van der Waals surface area (Å²) < 4.78 is 0.747. The molecule has 0 aliphatic rings. The maximum absolute atomic E-state index is 9.40. The molecule has 0 atom stereocenters. The van der Waals surface area contributed by atoms with Crippen molar-refractivity contribution in [3.05, 3.63) is 12.2 Å². The summed E-state index contributed by atoms with van der Waals surface area (Å²) >= 11 is 0. The molecule has 0 aromatic rings. The van der Waals surface area contributed by atoms with E-state index in [1.807, 2.05) is 0 Å². The van der Waals surface area contributed by atoms with E-state index >= 15 is 0 Å². The van der Waals surface area contributed by atoms with Crippen LogP contribution in [0, 0.1) is 0 Å². The summed E-state index contributed by atoms with van der Waals surface area (Å²) in [5.41, 5.74) is 0. The number of aliphatic hydroxyl groups is 3. The Kier molecular flexibility index (Phi) is 27.2. The molecular formula is C25H52BrNO3. The van der Waals surface area contributed by atoms with Gasteiger partial charge in [-0.05, 0) is 38.5 Å². The van der Waals surface area contributed by atoms with E-state index in [1.165, 1.54) is 83.5 Å². The molecule has 0 rings (SSSR count). The first kappa shape index (κ1) is 32.2. The van der Waals surface area contributed by atoms with Gasteiger partial charge in [0, 0.05) is 13.0 Å². The van der Waals surface area contributed by atoms with Gasteiger partial charge in [-0.1, -0.05) is 70.4 Å². The van der Waals surface area contributed by atoms with E-state index in [-0.39, 0.29) is 36.8 Å². The van der Waals surface area contributed by atoms with Crippen molar-refractivity contribution in [1.82, 2.24) is 0 Å². The van der Waals surface area contributed by atoms with Crippen molar-refractivity contribution in [1.29, 1.82) is 0 Å². The van der Waals surface area contributed by atoms with Gasteiger partial charge in [-0.2, -0.15) is 0 Å². The number of hydrogen-bond donors (Lipinski definition) is 3. The summed E-state index contributed by atoms with van der Waals surface area (Å²) in [6.45, 7) is 5.98. The topological polar surface area (TPSA) is 60.7 Å². The summed E-state index contributed by atoms with van der Waals surface area (Å²) in [5, 5.41) is 27.9. The van der Waals surface area contributed by atoms with E-state index in [0.29, 0.717) is 13.1 Å². The Hall–Kier alpha value is 0.0600. The molecule has 4 nitrogen and oxygen atoms in total. The fourth-order valence-electron chi connectivity index (χ4n) is 4.20. The predicted molar refractivity (Wildman–Crippen MR) is 125 cm³/mol. The lowest BCUT2D eigenvalue weighted by atomic mass is 10.1. The van der Waals surface area contributed by atoms with Gasteiger partial charge in [-0.15, -0.1) is 0 Å². The molecule has 0 radical (unpaired) electrons. The van der Waals surface area contributed by atoms with Gasteiger partial charge in [0.05, 0.1) is 26.3 Å². The molecule has 5 heteroatoms. The van der Waals surface area contributed by atoms with Crippen molar-refractivity contribution >= 4 is 0 Å². The van der Waals surface area contributed by atoms with Crippen LogP contribution >= 0.6 is 0 Å². The molecule has 0 aliphatic carbocycles. The van der Waals surface area contributed by atoms with E-state index in [2.05, 4.69) is 19.1 Å². The smallest absolute Gasteiger partial charge is 0.102 e. The molecule has 30 heavy (non-hydrogen) atoms. The quantitative estimate of drug-likeness (QED) is 0.116. The number of halogens is 1. The van der Waals surface area contributed by atoms with Crippen LogP contribution in [0.3, 0.4) is 0 Å². The molecule has 0 aromatic heterocycles. The molecule has 0 spiro atoms. The maximum atomic E-state index is 9.40. The number of allylic oxidation sites excluding steroid dienone is 2. The van der Waals surface area contributed by atoms with Crippen LogP contribution in [-0.4, -0.2) is 65.8 Å². The van der Waals surface area contributed by atoms with Crippen LogP contribution in [0.5, 0.6) is 0 Å². The first-order valence-electron chi connectivity index (χ1n) is 12.6. The van der Waals surface area contributed by atoms with Crippen molar-refractivity contribution < 1.29 is 36.8 Å². The fourth-order valence-corrected chi connectivity index (χ4v) is 4.20. The summed E-state index contributed by atoms with van der Waals surface area (Å²) in [6, 6.07) is 0. The number of rotatable bonds is 23. The molecule has 3 N–H and O–H groups in total. The van der Waals surface area contributed by atoms with Crippen molar-refractivity contribution in [3.63, 3.8) is 0 Å². The maximum Gasteiger partial charge on any atom is 0.102 e. The van der Waals surface area contributed by atoms with Crippen molar-refractivity contribution in [2.75, 3.05) is 46.0 Å². The molecule has 0 aromatic carbocycles. The monoisotopic (exact) mass is 493 g/mol. The van der Waals surface area contributed by atoms with Gasteiger partial charge in [0.2, 0.25) is 0 Å². The van der Waals surface area contributed by atoms with Crippen LogP contribution in [0.15, 0.2) is 12.2 Å². The highest BCUT2D eigenvalue weighted by Crippen LogP contribution is 2.14. The zero-order chi connectivity index (χ0) is 21.5. The number of quaternary nitrogens is 1. The second-order valence-electron chi connectivity index (χ2n) is 8.70. The Morgan fingerprint density at radius 3 is 1.40 bits per heavy atom. The van der Waals surface area contributed by atoms with Crippen LogP contribution in [-0.2, 0) is 0 Å². The average Bonchev–Trinajstić information content (AvgIpc) is 2.72. The molecule has 182 valence electrons. The standard InChI is InChI=1S/C25H52NO3.BrH/c1-2-3-4-5-6-7-8-9-10-11-12-13-14-15-16-17-19-26(21-24-28,22-25-29)20-18-23-27;/h9-10,27-29H,2-8,11-25H2,1H3;1H/q+1;/p-1/b10-9-;. The third kappa shape index (κ3) is 20.0. The van der Waals surface area contributed by atoms with E-state index in [1.54, 1.807) is 0 Å². The molecule has 0 saturated carbocycles. The van der Waals surface area contributed by atoms with Crippen LogP contribution < -0.4 is 17.0 Å². The minimum atomic E-state index is 0. The van der Waals surface area contributed by atoms with Gasteiger partial charge < -0.3 is 36.8 Å². The highest BCUT2D eigenvalue weighted by atomic mass is 79.9. The largest absolute Gasteiger partial charge is 1.00 e. The lowest BCUT2D eigenvalue weighted by Gasteiger charge is -2.38. The number of hydrogen-bond acceptors (Lipinski definition) is 3.